The standard InChI is InChI=1S/C20H13BrFN3O3S/c1-10-3-2-8-25-16(22)15(23-17(10)25)18(26)24-19-14(20(27)28)13(9-29-19)11-4-6-12(21)7-5-11/h2-9H,1H3,(H,24,26)(H,27,28). The lowest BCUT2D eigenvalue weighted by Crippen LogP contribution is -2.15. The minimum Gasteiger partial charge on any atom is -0.478 e. The molecule has 4 aromatic rings. The van der Waals surface area contributed by atoms with Gasteiger partial charge in [0.1, 0.15) is 16.2 Å². The number of hydrogen-bond donors (Lipinski definition) is 2. The molecule has 0 unspecified atom stereocenters. The molecule has 6 nitrogen and oxygen atoms in total. The van der Waals surface area contributed by atoms with Crippen molar-refractivity contribution in [1.82, 2.24) is 9.38 Å². The van der Waals surface area contributed by atoms with E-state index in [9.17, 15) is 19.1 Å². The van der Waals surface area contributed by atoms with Crippen LogP contribution in [0.4, 0.5) is 9.39 Å². The molecule has 0 atom stereocenters. The molecule has 9 heteroatoms. The zero-order chi connectivity index (χ0) is 20.7. The summed E-state index contributed by atoms with van der Waals surface area (Å²) < 4.78 is 16.7. The fraction of sp³-hybridized carbons (Fsp3) is 0.0500. The molecule has 1 aromatic carbocycles. The highest BCUT2D eigenvalue weighted by Crippen LogP contribution is 2.36. The van der Waals surface area contributed by atoms with Gasteiger partial charge in [0.15, 0.2) is 5.69 Å². The van der Waals surface area contributed by atoms with Crippen LogP contribution < -0.4 is 5.32 Å². The first-order valence-corrected chi connectivity index (χ1v) is 10.1. The fourth-order valence-corrected chi connectivity index (χ4v) is 4.21. The Bertz CT molecular complexity index is 1260. The van der Waals surface area contributed by atoms with Crippen molar-refractivity contribution < 1.29 is 19.1 Å². The number of halogens is 2. The Hall–Kier alpha value is -3.04. The third-order valence-electron chi connectivity index (χ3n) is 4.39. The lowest BCUT2D eigenvalue weighted by molar-refractivity contribution is 0.0699. The molecule has 1 amide bonds. The van der Waals surface area contributed by atoms with E-state index in [2.05, 4.69) is 26.2 Å². The minimum atomic E-state index is -1.19. The SMILES string of the molecule is Cc1cccn2c(F)c(C(=O)Nc3scc(-c4ccc(Br)cc4)c3C(=O)O)nc12. The molecule has 0 saturated carbocycles. The number of aromatic nitrogens is 2. The Morgan fingerprint density at radius 3 is 2.62 bits per heavy atom. The van der Waals surface area contributed by atoms with Crippen molar-refractivity contribution in [2.24, 2.45) is 0 Å². The first-order valence-electron chi connectivity index (χ1n) is 8.42. The number of benzene rings is 1. The lowest BCUT2D eigenvalue weighted by atomic mass is 10.0. The average molecular weight is 474 g/mol. The molecule has 0 saturated heterocycles. The first kappa shape index (κ1) is 19.3. The Morgan fingerprint density at radius 1 is 1.24 bits per heavy atom. The largest absolute Gasteiger partial charge is 0.478 e. The maximum atomic E-state index is 14.7. The van der Waals surface area contributed by atoms with Crippen molar-refractivity contribution in [3.05, 3.63) is 75.2 Å². The van der Waals surface area contributed by atoms with Crippen LogP contribution in [0.2, 0.25) is 0 Å². The number of imidazole rings is 1. The normalized spacial score (nSPS) is 11.0. The van der Waals surface area contributed by atoms with Gasteiger partial charge in [-0.25, -0.2) is 9.78 Å². The van der Waals surface area contributed by atoms with Gasteiger partial charge in [-0.05, 0) is 36.2 Å². The zero-order valence-corrected chi connectivity index (χ0v) is 17.3. The topological polar surface area (TPSA) is 83.7 Å². The third kappa shape index (κ3) is 3.43. The van der Waals surface area contributed by atoms with E-state index in [1.807, 2.05) is 0 Å². The van der Waals surface area contributed by atoms with Crippen LogP contribution in [0.5, 0.6) is 0 Å². The van der Waals surface area contributed by atoms with Gasteiger partial charge in [-0.2, -0.15) is 4.39 Å². The fourth-order valence-electron chi connectivity index (χ4n) is 2.99. The van der Waals surface area contributed by atoms with Gasteiger partial charge in [-0.15, -0.1) is 11.3 Å². The number of carboxylic acid groups (broad SMARTS) is 1. The molecule has 0 aliphatic carbocycles. The predicted molar refractivity (Wildman–Crippen MR) is 112 cm³/mol. The second-order valence-corrected chi connectivity index (χ2v) is 8.05. The zero-order valence-electron chi connectivity index (χ0n) is 14.9. The van der Waals surface area contributed by atoms with E-state index < -0.39 is 23.5 Å². The van der Waals surface area contributed by atoms with Crippen molar-refractivity contribution in [1.29, 1.82) is 0 Å². The van der Waals surface area contributed by atoms with Gasteiger partial charge >= 0.3 is 5.97 Å². The van der Waals surface area contributed by atoms with E-state index in [1.54, 1.807) is 48.7 Å². The number of amides is 1. The van der Waals surface area contributed by atoms with E-state index in [0.717, 1.165) is 15.8 Å². The van der Waals surface area contributed by atoms with E-state index in [0.29, 0.717) is 22.3 Å². The van der Waals surface area contributed by atoms with Crippen LogP contribution in [0.3, 0.4) is 0 Å². The third-order valence-corrected chi connectivity index (χ3v) is 5.81. The van der Waals surface area contributed by atoms with Crippen LogP contribution in [0, 0.1) is 12.9 Å². The van der Waals surface area contributed by atoms with Gasteiger partial charge in [0, 0.05) is 21.6 Å². The van der Waals surface area contributed by atoms with E-state index in [-0.39, 0.29) is 10.6 Å². The summed E-state index contributed by atoms with van der Waals surface area (Å²) in [5, 5.41) is 14.0. The van der Waals surface area contributed by atoms with Crippen LogP contribution in [0.25, 0.3) is 16.8 Å². The molecule has 0 spiro atoms. The minimum absolute atomic E-state index is 0.0500. The number of carboxylic acids is 1. The smallest absolute Gasteiger partial charge is 0.339 e. The maximum absolute atomic E-state index is 14.7. The molecule has 4 rings (SSSR count). The summed E-state index contributed by atoms with van der Waals surface area (Å²) in [6, 6.07) is 10.6. The number of rotatable bonds is 4. The summed E-state index contributed by atoms with van der Waals surface area (Å²) in [7, 11) is 0. The van der Waals surface area contributed by atoms with E-state index in [1.165, 1.54) is 10.6 Å². The molecule has 0 aliphatic rings. The molecule has 0 radical (unpaired) electrons. The van der Waals surface area contributed by atoms with Gasteiger partial charge in [-0.1, -0.05) is 34.1 Å². The van der Waals surface area contributed by atoms with Crippen LogP contribution in [0.15, 0.2) is 52.4 Å². The molecule has 146 valence electrons. The second kappa shape index (κ2) is 7.41. The molecule has 0 aliphatic heterocycles. The van der Waals surface area contributed by atoms with Gasteiger partial charge in [0.2, 0.25) is 5.95 Å². The van der Waals surface area contributed by atoms with Gasteiger partial charge in [0.25, 0.3) is 5.91 Å². The van der Waals surface area contributed by atoms with Crippen molar-refractivity contribution in [2.45, 2.75) is 6.92 Å². The summed E-state index contributed by atoms with van der Waals surface area (Å²) in [4.78, 5) is 28.6. The van der Waals surface area contributed by atoms with Crippen molar-refractivity contribution >= 4 is 49.8 Å². The van der Waals surface area contributed by atoms with Crippen molar-refractivity contribution in [2.75, 3.05) is 5.32 Å². The number of aryl methyl sites for hydroxylation is 1. The monoisotopic (exact) mass is 473 g/mol. The maximum Gasteiger partial charge on any atom is 0.339 e. The van der Waals surface area contributed by atoms with Crippen LogP contribution in [-0.2, 0) is 0 Å². The summed E-state index contributed by atoms with van der Waals surface area (Å²) in [6.45, 7) is 1.76. The summed E-state index contributed by atoms with van der Waals surface area (Å²) in [6.07, 6.45) is 1.47. The van der Waals surface area contributed by atoms with Crippen molar-refractivity contribution in [3.8, 4) is 11.1 Å². The van der Waals surface area contributed by atoms with Gasteiger partial charge < -0.3 is 10.4 Å². The van der Waals surface area contributed by atoms with Crippen LogP contribution in [-0.4, -0.2) is 26.4 Å². The number of fused-ring (bicyclic) bond motifs is 1. The number of carbonyl (C=O) groups is 2. The van der Waals surface area contributed by atoms with Gasteiger partial charge in [-0.3, -0.25) is 9.20 Å². The predicted octanol–water partition coefficient (Wildman–Crippen LogP) is 5.22. The highest BCUT2D eigenvalue weighted by Gasteiger charge is 2.25. The number of carbonyl (C=O) groups excluding carboxylic acids is 1. The quantitative estimate of drug-likeness (QED) is 0.425. The molecule has 0 bridgehead atoms. The Kier molecular flexibility index (Phi) is 4.93. The Labute approximate surface area is 176 Å². The Morgan fingerprint density at radius 2 is 1.97 bits per heavy atom. The summed E-state index contributed by atoms with van der Waals surface area (Å²) in [5.41, 5.74) is 1.76. The van der Waals surface area contributed by atoms with Crippen molar-refractivity contribution in [3.63, 3.8) is 0 Å². The molecule has 0 fully saturated rings. The number of thiophene rings is 1. The molecule has 29 heavy (non-hydrogen) atoms. The Balaban J connectivity index is 1.72. The van der Waals surface area contributed by atoms with Gasteiger partial charge in [0.05, 0.1) is 0 Å². The lowest BCUT2D eigenvalue weighted by Gasteiger charge is -2.05. The average Bonchev–Trinajstić information content (AvgIpc) is 3.25. The molecular weight excluding hydrogens is 461 g/mol. The van der Waals surface area contributed by atoms with Crippen LogP contribution >= 0.6 is 27.3 Å². The molecular formula is C20H13BrFN3O3S. The summed E-state index contributed by atoms with van der Waals surface area (Å²) in [5.74, 6) is -2.80. The number of hydrogen-bond acceptors (Lipinski definition) is 4. The highest BCUT2D eigenvalue weighted by molar-refractivity contribution is 9.10. The number of pyridine rings is 1. The number of anilines is 1. The number of aromatic carboxylic acids is 1. The van der Waals surface area contributed by atoms with Crippen LogP contribution in [0.1, 0.15) is 26.4 Å². The molecule has 3 heterocycles. The molecule has 3 aromatic heterocycles. The number of nitrogens with one attached hydrogen (secondary N) is 1. The van der Waals surface area contributed by atoms with E-state index in [4.69, 9.17) is 0 Å². The van der Waals surface area contributed by atoms with E-state index >= 15 is 0 Å². The highest BCUT2D eigenvalue weighted by atomic mass is 79.9. The summed E-state index contributed by atoms with van der Waals surface area (Å²) >= 11 is 4.40. The number of nitrogens with zero attached hydrogens (tertiary/aromatic N) is 2. The first-order chi connectivity index (χ1) is 13.9. The second-order valence-electron chi connectivity index (χ2n) is 6.26. The molecule has 2 N–H and O–H groups in total.